The fraction of sp³-hybridized carbons (Fsp3) is 0.667. The fourth-order valence-electron chi connectivity index (χ4n) is 2.11. The van der Waals surface area contributed by atoms with Crippen molar-refractivity contribution in [2.45, 2.75) is 25.1 Å². The molecular formula is C12H18ClN3O. The third-order valence-electron chi connectivity index (χ3n) is 3.11. The van der Waals surface area contributed by atoms with E-state index >= 15 is 0 Å². The third kappa shape index (κ3) is 3.00. The van der Waals surface area contributed by atoms with Crippen LogP contribution in [0, 0.1) is 12.8 Å². The molecule has 1 fully saturated rings. The Morgan fingerprint density at radius 1 is 1.47 bits per heavy atom. The van der Waals surface area contributed by atoms with Crippen molar-refractivity contribution in [2.24, 2.45) is 5.92 Å². The first-order valence-corrected chi connectivity index (χ1v) is 6.27. The highest BCUT2D eigenvalue weighted by molar-refractivity contribution is 6.21. The van der Waals surface area contributed by atoms with Crippen LogP contribution in [-0.4, -0.2) is 36.0 Å². The number of aryl methyl sites for hydroxylation is 1. The maximum atomic E-state index is 5.98. The van der Waals surface area contributed by atoms with Gasteiger partial charge in [-0.2, -0.15) is 4.98 Å². The fourth-order valence-corrected chi connectivity index (χ4v) is 2.61. The summed E-state index contributed by atoms with van der Waals surface area (Å²) >= 11 is 5.98. The van der Waals surface area contributed by atoms with Gasteiger partial charge >= 0.3 is 0 Å². The molecule has 0 saturated heterocycles. The quantitative estimate of drug-likeness (QED) is 0.774. The lowest BCUT2D eigenvalue weighted by atomic mass is 9.84. The van der Waals surface area contributed by atoms with Gasteiger partial charge < -0.3 is 9.64 Å². The second kappa shape index (κ2) is 5.08. The van der Waals surface area contributed by atoms with Crippen LogP contribution in [0.4, 0.5) is 5.82 Å². The lowest BCUT2D eigenvalue weighted by Crippen LogP contribution is -2.35. The predicted molar refractivity (Wildman–Crippen MR) is 69.0 cm³/mol. The molecule has 1 aromatic heterocycles. The molecule has 0 aromatic carbocycles. The second-order valence-electron chi connectivity index (χ2n) is 4.63. The van der Waals surface area contributed by atoms with Crippen LogP contribution in [0.15, 0.2) is 6.07 Å². The molecule has 1 aliphatic carbocycles. The van der Waals surface area contributed by atoms with Crippen molar-refractivity contribution in [3.8, 4) is 5.88 Å². The molecule has 94 valence electrons. The zero-order valence-electron chi connectivity index (χ0n) is 10.5. The second-order valence-corrected chi connectivity index (χ2v) is 5.25. The van der Waals surface area contributed by atoms with E-state index in [0.717, 1.165) is 31.0 Å². The molecule has 1 aromatic rings. The summed E-state index contributed by atoms with van der Waals surface area (Å²) in [5, 5.41) is 0.370. The van der Waals surface area contributed by atoms with E-state index in [1.165, 1.54) is 0 Å². The topological polar surface area (TPSA) is 38.2 Å². The zero-order chi connectivity index (χ0) is 12.4. The molecule has 4 nitrogen and oxygen atoms in total. The summed E-state index contributed by atoms with van der Waals surface area (Å²) in [5.74, 6) is 2.94. The molecule has 0 unspecified atom stereocenters. The Balaban J connectivity index is 2.02. The van der Waals surface area contributed by atoms with E-state index in [2.05, 4.69) is 14.9 Å². The molecule has 0 amide bonds. The van der Waals surface area contributed by atoms with Gasteiger partial charge in [-0.1, -0.05) is 0 Å². The van der Waals surface area contributed by atoms with E-state index in [1.54, 1.807) is 7.11 Å². The standard InChI is InChI=1S/C12H18ClN3O/c1-8-14-11(6-12(15-8)17-3)16(2)7-9-4-10(13)5-9/h6,9-10H,4-5,7H2,1-3H3. The normalized spacial score (nSPS) is 23.1. The molecule has 1 saturated carbocycles. The summed E-state index contributed by atoms with van der Waals surface area (Å²) in [6.45, 7) is 2.86. The number of halogens is 1. The maximum Gasteiger partial charge on any atom is 0.218 e. The Bertz CT molecular complexity index is 393. The monoisotopic (exact) mass is 255 g/mol. The highest BCUT2D eigenvalue weighted by Crippen LogP contribution is 2.33. The van der Waals surface area contributed by atoms with Crippen molar-refractivity contribution < 1.29 is 4.74 Å². The average molecular weight is 256 g/mol. The van der Waals surface area contributed by atoms with Crippen molar-refractivity contribution >= 4 is 17.4 Å². The van der Waals surface area contributed by atoms with Gasteiger partial charge in [0.1, 0.15) is 11.6 Å². The van der Waals surface area contributed by atoms with Gasteiger partial charge in [0.15, 0.2) is 0 Å². The number of hydrogen-bond donors (Lipinski definition) is 0. The molecule has 5 heteroatoms. The molecule has 0 radical (unpaired) electrons. The Morgan fingerprint density at radius 3 is 2.76 bits per heavy atom. The Hall–Kier alpha value is -1.03. The Kier molecular flexibility index (Phi) is 3.72. The van der Waals surface area contributed by atoms with Gasteiger partial charge in [0.25, 0.3) is 0 Å². The summed E-state index contributed by atoms with van der Waals surface area (Å²) in [5.41, 5.74) is 0. The summed E-state index contributed by atoms with van der Waals surface area (Å²) in [4.78, 5) is 10.7. The molecule has 0 spiro atoms. The van der Waals surface area contributed by atoms with Gasteiger partial charge in [-0.15, -0.1) is 11.6 Å². The number of alkyl halides is 1. The smallest absolute Gasteiger partial charge is 0.218 e. The zero-order valence-corrected chi connectivity index (χ0v) is 11.2. The lowest BCUT2D eigenvalue weighted by molar-refractivity contribution is 0.328. The average Bonchev–Trinajstić information content (AvgIpc) is 2.26. The van der Waals surface area contributed by atoms with E-state index in [9.17, 15) is 0 Å². The van der Waals surface area contributed by atoms with Crippen LogP contribution in [0.2, 0.25) is 0 Å². The van der Waals surface area contributed by atoms with Gasteiger partial charge in [0.2, 0.25) is 5.88 Å². The van der Waals surface area contributed by atoms with Crippen molar-refractivity contribution in [2.75, 3.05) is 25.6 Å². The Morgan fingerprint density at radius 2 is 2.18 bits per heavy atom. The minimum absolute atomic E-state index is 0.370. The number of anilines is 1. The van der Waals surface area contributed by atoms with E-state index in [4.69, 9.17) is 16.3 Å². The molecule has 17 heavy (non-hydrogen) atoms. The number of hydrogen-bond acceptors (Lipinski definition) is 4. The number of rotatable bonds is 4. The van der Waals surface area contributed by atoms with E-state index in [-0.39, 0.29) is 0 Å². The first-order chi connectivity index (χ1) is 8.08. The van der Waals surface area contributed by atoms with Gasteiger partial charge in [0.05, 0.1) is 7.11 Å². The minimum atomic E-state index is 0.370. The minimum Gasteiger partial charge on any atom is -0.481 e. The van der Waals surface area contributed by atoms with Crippen LogP contribution in [0.5, 0.6) is 5.88 Å². The first kappa shape index (κ1) is 12.4. The number of nitrogens with zero attached hydrogens (tertiary/aromatic N) is 3. The van der Waals surface area contributed by atoms with Crippen LogP contribution < -0.4 is 9.64 Å². The maximum absolute atomic E-state index is 5.98. The summed E-state index contributed by atoms with van der Waals surface area (Å²) in [7, 11) is 3.67. The van der Waals surface area contributed by atoms with Crippen LogP contribution in [0.1, 0.15) is 18.7 Å². The highest BCUT2D eigenvalue weighted by atomic mass is 35.5. The SMILES string of the molecule is COc1cc(N(C)CC2CC(Cl)C2)nc(C)n1. The van der Waals surface area contributed by atoms with Gasteiger partial charge in [0, 0.05) is 25.0 Å². The molecule has 1 aliphatic rings. The van der Waals surface area contributed by atoms with Gasteiger partial charge in [-0.3, -0.25) is 0 Å². The van der Waals surface area contributed by atoms with Crippen molar-refractivity contribution in [3.63, 3.8) is 0 Å². The molecular weight excluding hydrogens is 238 g/mol. The van der Waals surface area contributed by atoms with E-state index in [0.29, 0.717) is 17.2 Å². The first-order valence-electron chi connectivity index (χ1n) is 5.83. The van der Waals surface area contributed by atoms with Crippen molar-refractivity contribution in [1.82, 2.24) is 9.97 Å². The number of aromatic nitrogens is 2. The van der Waals surface area contributed by atoms with Crippen LogP contribution in [0.3, 0.4) is 0 Å². The molecule has 2 rings (SSSR count). The van der Waals surface area contributed by atoms with Crippen molar-refractivity contribution in [1.29, 1.82) is 0 Å². The predicted octanol–water partition coefficient (Wildman–Crippen LogP) is 2.25. The number of ether oxygens (including phenoxy) is 1. The van der Waals surface area contributed by atoms with Gasteiger partial charge in [-0.25, -0.2) is 4.98 Å². The lowest BCUT2D eigenvalue weighted by Gasteiger charge is -2.34. The van der Waals surface area contributed by atoms with E-state index < -0.39 is 0 Å². The molecule has 1 heterocycles. The van der Waals surface area contributed by atoms with Crippen LogP contribution in [0.25, 0.3) is 0 Å². The van der Waals surface area contributed by atoms with E-state index in [1.807, 2.05) is 20.0 Å². The summed E-state index contributed by atoms with van der Waals surface area (Å²) in [6, 6.07) is 1.86. The molecule has 0 bridgehead atoms. The summed E-state index contributed by atoms with van der Waals surface area (Å²) in [6.07, 6.45) is 2.21. The van der Waals surface area contributed by atoms with Crippen molar-refractivity contribution in [3.05, 3.63) is 11.9 Å². The van der Waals surface area contributed by atoms with Crippen LogP contribution in [-0.2, 0) is 0 Å². The summed E-state index contributed by atoms with van der Waals surface area (Å²) < 4.78 is 5.15. The molecule has 0 N–H and O–H groups in total. The van der Waals surface area contributed by atoms with Gasteiger partial charge in [-0.05, 0) is 25.7 Å². The highest BCUT2D eigenvalue weighted by Gasteiger charge is 2.28. The third-order valence-corrected chi connectivity index (χ3v) is 3.47. The molecule has 0 aliphatic heterocycles. The van der Waals surface area contributed by atoms with Crippen LogP contribution >= 0.6 is 11.6 Å². The number of methoxy groups -OCH3 is 1. The Labute approximate surface area is 107 Å². The largest absolute Gasteiger partial charge is 0.481 e. The molecule has 0 atom stereocenters.